The van der Waals surface area contributed by atoms with Crippen LogP contribution in [0.2, 0.25) is 0 Å². The number of aldehydes is 1. The maximum absolute atomic E-state index is 9.40. The molecule has 1 unspecified atom stereocenters. The summed E-state index contributed by atoms with van der Waals surface area (Å²) in [4.78, 5) is 9.40. The molecule has 2 heterocycles. The van der Waals surface area contributed by atoms with E-state index in [4.69, 9.17) is 9.47 Å². The molecule has 0 saturated carbocycles. The molecule has 0 amide bonds. The summed E-state index contributed by atoms with van der Waals surface area (Å²) in [5.74, 6) is 0. The Kier molecular flexibility index (Phi) is 56.0. The number of rotatable bonds is 4. The number of carbonyl (C=O) groups is 1. The molecule has 5 nitrogen and oxygen atoms in total. The van der Waals surface area contributed by atoms with Gasteiger partial charge in [-0.25, -0.2) is 0 Å². The topological polar surface area (TPSA) is 90.9 Å². The zero-order valence-electron chi connectivity index (χ0n) is 13.9. The molecular formula is C17H44N2O3. The van der Waals surface area contributed by atoms with Gasteiger partial charge in [0.25, 0.3) is 0 Å². The third kappa shape index (κ3) is 42.7. The molecule has 2 saturated heterocycles. The SMILES string of the molecule is C.C.C1CCOC1.CCCC1CO1.CCCC=O.CN.CN. The Bertz CT molecular complexity index is 143. The minimum absolute atomic E-state index is 0. The Hall–Kier alpha value is -0.490. The van der Waals surface area contributed by atoms with Crippen LogP contribution in [0.3, 0.4) is 0 Å². The highest BCUT2D eigenvalue weighted by atomic mass is 16.6. The Balaban J connectivity index is -0.0000000569. The summed E-state index contributed by atoms with van der Waals surface area (Å²) < 4.78 is 9.89. The highest BCUT2D eigenvalue weighted by Crippen LogP contribution is 2.14. The second kappa shape index (κ2) is 37.1. The number of hydrogen-bond donors (Lipinski definition) is 2. The smallest absolute Gasteiger partial charge is 0.119 e. The van der Waals surface area contributed by atoms with Crippen molar-refractivity contribution in [2.45, 2.75) is 73.3 Å². The van der Waals surface area contributed by atoms with Crippen molar-refractivity contribution in [3.05, 3.63) is 0 Å². The van der Waals surface area contributed by atoms with Crippen LogP contribution >= 0.6 is 0 Å². The lowest BCUT2D eigenvalue weighted by Gasteiger charge is -1.79. The van der Waals surface area contributed by atoms with E-state index in [0.717, 1.165) is 32.5 Å². The van der Waals surface area contributed by atoms with Gasteiger partial charge in [0.05, 0.1) is 12.7 Å². The van der Waals surface area contributed by atoms with E-state index in [9.17, 15) is 4.79 Å². The fourth-order valence-corrected chi connectivity index (χ4v) is 1.18. The van der Waals surface area contributed by atoms with Crippen molar-refractivity contribution < 1.29 is 14.3 Å². The molecule has 1 atom stereocenters. The van der Waals surface area contributed by atoms with Gasteiger partial charge in [0, 0.05) is 19.6 Å². The van der Waals surface area contributed by atoms with E-state index < -0.39 is 0 Å². The Labute approximate surface area is 140 Å². The molecule has 0 spiro atoms. The van der Waals surface area contributed by atoms with E-state index in [2.05, 4.69) is 18.4 Å². The molecule has 0 aromatic carbocycles. The second-order valence-corrected chi connectivity index (χ2v) is 4.02. The standard InChI is InChI=1S/C5H10O.2C4H8O.2CH5N.2CH4/c1-2-3-5-4-6-5;1-2-4-5-3-1;1-2-3-4-5;2*1-2;;/h5H,2-4H2,1H3;1-4H2;4H,2-3H2,1H3;2*2H2,1H3;2*1H4. The van der Waals surface area contributed by atoms with Gasteiger partial charge < -0.3 is 25.7 Å². The van der Waals surface area contributed by atoms with Gasteiger partial charge in [0.2, 0.25) is 0 Å². The van der Waals surface area contributed by atoms with E-state index in [-0.39, 0.29) is 14.9 Å². The van der Waals surface area contributed by atoms with Crippen molar-refractivity contribution in [2.75, 3.05) is 33.9 Å². The quantitative estimate of drug-likeness (QED) is 0.611. The van der Waals surface area contributed by atoms with E-state index in [1.54, 1.807) is 0 Å². The summed E-state index contributed by atoms with van der Waals surface area (Å²) in [7, 11) is 3.00. The van der Waals surface area contributed by atoms with Crippen molar-refractivity contribution in [2.24, 2.45) is 11.5 Å². The minimum atomic E-state index is 0. The van der Waals surface area contributed by atoms with Gasteiger partial charge in [-0.2, -0.15) is 0 Å². The molecule has 2 aliphatic rings. The van der Waals surface area contributed by atoms with Gasteiger partial charge in [0.1, 0.15) is 6.29 Å². The molecule has 0 radical (unpaired) electrons. The lowest BCUT2D eigenvalue weighted by molar-refractivity contribution is -0.107. The molecule has 4 N–H and O–H groups in total. The first-order chi connectivity index (χ1) is 9.85. The van der Waals surface area contributed by atoms with E-state index in [1.165, 1.54) is 39.8 Å². The lowest BCUT2D eigenvalue weighted by atomic mass is 10.3. The normalized spacial score (nSPS) is 16.0. The van der Waals surface area contributed by atoms with Crippen LogP contribution in [0.4, 0.5) is 0 Å². The van der Waals surface area contributed by atoms with Crippen molar-refractivity contribution in [1.29, 1.82) is 0 Å². The van der Waals surface area contributed by atoms with Gasteiger partial charge in [-0.1, -0.05) is 35.1 Å². The molecule has 2 fully saturated rings. The molecule has 140 valence electrons. The molecule has 2 aliphatic heterocycles. The van der Waals surface area contributed by atoms with Crippen molar-refractivity contribution in [3.8, 4) is 0 Å². The minimum Gasteiger partial charge on any atom is -0.381 e. The highest BCUT2D eigenvalue weighted by molar-refractivity contribution is 5.48. The summed E-state index contributed by atoms with van der Waals surface area (Å²) >= 11 is 0. The van der Waals surface area contributed by atoms with Crippen LogP contribution < -0.4 is 11.5 Å². The van der Waals surface area contributed by atoms with Crippen LogP contribution in [0, 0.1) is 0 Å². The summed E-state index contributed by atoms with van der Waals surface area (Å²) in [6, 6.07) is 0. The third-order valence-electron chi connectivity index (χ3n) is 2.25. The Morgan fingerprint density at radius 2 is 1.45 bits per heavy atom. The third-order valence-corrected chi connectivity index (χ3v) is 2.25. The molecule has 5 heteroatoms. The molecule has 0 aromatic rings. The van der Waals surface area contributed by atoms with Crippen LogP contribution in [0.5, 0.6) is 0 Å². The number of nitrogens with two attached hydrogens (primary N) is 2. The predicted octanol–water partition coefficient (Wildman–Crippen LogP) is 3.39. The Morgan fingerprint density at radius 3 is 1.55 bits per heavy atom. The maximum atomic E-state index is 9.40. The van der Waals surface area contributed by atoms with E-state index >= 15 is 0 Å². The number of unbranched alkanes of at least 4 members (excludes halogenated alkanes) is 1. The number of carbonyl (C=O) groups excluding carboxylic acids is 1. The van der Waals surface area contributed by atoms with Crippen LogP contribution in [0.25, 0.3) is 0 Å². The summed E-state index contributed by atoms with van der Waals surface area (Å²) in [6.45, 7) is 7.18. The molecule has 0 bridgehead atoms. The maximum Gasteiger partial charge on any atom is 0.119 e. The van der Waals surface area contributed by atoms with Crippen molar-refractivity contribution in [3.63, 3.8) is 0 Å². The van der Waals surface area contributed by atoms with Crippen LogP contribution in [0.15, 0.2) is 0 Å². The molecule has 0 aromatic heterocycles. The molecule has 0 aliphatic carbocycles. The first-order valence-electron chi connectivity index (χ1n) is 7.63. The van der Waals surface area contributed by atoms with E-state index in [0.29, 0.717) is 12.5 Å². The molecule has 22 heavy (non-hydrogen) atoms. The van der Waals surface area contributed by atoms with Crippen LogP contribution in [-0.2, 0) is 14.3 Å². The van der Waals surface area contributed by atoms with Gasteiger partial charge in [-0.05, 0) is 39.8 Å². The molecular weight excluding hydrogens is 280 g/mol. The number of ether oxygens (including phenoxy) is 2. The van der Waals surface area contributed by atoms with Gasteiger partial charge >= 0.3 is 0 Å². The van der Waals surface area contributed by atoms with Crippen molar-refractivity contribution in [1.82, 2.24) is 0 Å². The summed E-state index contributed by atoms with van der Waals surface area (Å²) in [6.07, 6.45) is 8.35. The van der Waals surface area contributed by atoms with Gasteiger partial charge in [0.15, 0.2) is 0 Å². The fraction of sp³-hybridized carbons (Fsp3) is 0.941. The van der Waals surface area contributed by atoms with Gasteiger partial charge in [-0.15, -0.1) is 0 Å². The zero-order chi connectivity index (χ0) is 16.1. The molecule has 2 rings (SSSR count). The highest BCUT2D eigenvalue weighted by Gasteiger charge is 2.19. The monoisotopic (exact) mass is 324 g/mol. The first-order valence-corrected chi connectivity index (χ1v) is 7.63. The number of epoxide rings is 1. The first kappa shape index (κ1) is 33.2. The zero-order valence-corrected chi connectivity index (χ0v) is 13.9. The largest absolute Gasteiger partial charge is 0.381 e. The van der Waals surface area contributed by atoms with Crippen LogP contribution in [0.1, 0.15) is 67.2 Å². The second-order valence-electron chi connectivity index (χ2n) is 4.02. The predicted molar refractivity (Wildman–Crippen MR) is 99.4 cm³/mol. The summed E-state index contributed by atoms with van der Waals surface area (Å²) in [5, 5.41) is 0. The summed E-state index contributed by atoms with van der Waals surface area (Å²) in [5.41, 5.74) is 9.00. The van der Waals surface area contributed by atoms with Gasteiger partial charge in [-0.3, -0.25) is 0 Å². The van der Waals surface area contributed by atoms with Crippen molar-refractivity contribution >= 4 is 6.29 Å². The van der Waals surface area contributed by atoms with E-state index in [1.807, 2.05) is 6.92 Å². The average Bonchev–Trinajstić information content (AvgIpc) is 3.13. The fourth-order valence-electron chi connectivity index (χ4n) is 1.18. The number of hydrogen-bond acceptors (Lipinski definition) is 5. The lowest BCUT2D eigenvalue weighted by Crippen LogP contribution is -1.78. The Morgan fingerprint density at radius 1 is 1.00 bits per heavy atom. The van der Waals surface area contributed by atoms with Crippen LogP contribution in [-0.4, -0.2) is 46.3 Å². The average molecular weight is 325 g/mol.